The van der Waals surface area contributed by atoms with Gasteiger partial charge in [-0.25, -0.2) is 0 Å². The predicted octanol–water partition coefficient (Wildman–Crippen LogP) is 0.924. The highest BCUT2D eigenvalue weighted by molar-refractivity contribution is 7.18. The summed E-state index contributed by atoms with van der Waals surface area (Å²) in [5.74, 6) is -0.271. The molecule has 1 rings (SSSR count). The van der Waals surface area contributed by atoms with E-state index >= 15 is 0 Å². The van der Waals surface area contributed by atoms with Crippen LogP contribution in [0, 0.1) is 11.3 Å². The summed E-state index contributed by atoms with van der Waals surface area (Å²) >= 11 is 1.21. The number of nitrogens with one attached hydrogen (secondary N) is 2. The van der Waals surface area contributed by atoms with Crippen LogP contribution in [-0.2, 0) is 0 Å². The van der Waals surface area contributed by atoms with Crippen LogP contribution < -0.4 is 16.4 Å². The predicted molar refractivity (Wildman–Crippen MR) is 78.5 cm³/mol. The Hall–Kier alpha value is -1.78. The monoisotopic (exact) mass is 281 g/mol. The van der Waals surface area contributed by atoms with Crippen molar-refractivity contribution in [3.63, 3.8) is 0 Å². The number of nitriles is 1. The molecular weight excluding hydrogens is 262 g/mol. The second kappa shape index (κ2) is 6.41. The Morgan fingerprint density at radius 2 is 2.21 bits per heavy atom. The molecule has 4 N–H and O–H groups in total. The summed E-state index contributed by atoms with van der Waals surface area (Å²) in [7, 11) is 5.50. The number of likely N-dealkylation sites (N-methyl/N-ethyl adjacent to an activating group) is 1. The van der Waals surface area contributed by atoms with Crippen molar-refractivity contribution in [1.82, 2.24) is 10.2 Å². The fourth-order valence-corrected chi connectivity index (χ4v) is 2.41. The van der Waals surface area contributed by atoms with Gasteiger partial charge in [0.05, 0.1) is 5.69 Å². The van der Waals surface area contributed by atoms with E-state index in [1.54, 1.807) is 0 Å². The number of rotatable bonds is 5. The molecule has 6 nitrogen and oxygen atoms in total. The van der Waals surface area contributed by atoms with E-state index in [9.17, 15) is 4.79 Å². The van der Waals surface area contributed by atoms with Crippen LogP contribution in [0.2, 0.25) is 0 Å². The van der Waals surface area contributed by atoms with Crippen LogP contribution in [0.5, 0.6) is 0 Å². The standard InChI is InChI=1S/C12H19N5OS/c1-7(17(3)4)6-16-12-8(5-13)9(14)10(19-12)11(18)15-2/h7,16H,6,14H2,1-4H3,(H,15,18). The molecule has 1 aromatic rings. The van der Waals surface area contributed by atoms with E-state index in [1.807, 2.05) is 20.2 Å². The number of anilines is 2. The van der Waals surface area contributed by atoms with Crippen molar-refractivity contribution in [1.29, 1.82) is 5.26 Å². The molecular formula is C12H19N5OS. The molecule has 0 spiro atoms. The van der Waals surface area contributed by atoms with Crippen molar-refractivity contribution >= 4 is 27.9 Å². The molecule has 0 aliphatic rings. The second-order valence-corrected chi connectivity index (χ2v) is 5.45. The van der Waals surface area contributed by atoms with Gasteiger partial charge in [0.1, 0.15) is 21.5 Å². The SMILES string of the molecule is CNC(=O)c1sc(NCC(C)N(C)C)c(C#N)c1N. The van der Waals surface area contributed by atoms with Gasteiger partial charge in [-0.2, -0.15) is 5.26 Å². The van der Waals surface area contributed by atoms with Crippen LogP contribution in [0.15, 0.2) is 0 Å². The minimum absolute atomic E-state index is 0.242. The summed E-state index contributed by atoms with van der Waals surface area (Å²) in [6, 6.07) is 2.35. The van der Waals surface area contributed by atoms with Crippen molar-refractivity contribution in [2.75, 3.05) is 38.7 Å². The van der Waals surface area contributed by atoms with Crippen molar-refractivity contribution in [3.8, 4) is 6.07 Å². The average Bonchev–Trinajstić information content (AvgIpc) is 2.71. The van der Waals surface area contributed by atoms with Gasteiger partial charge in [-0.1, -0.05) is 0 Å². The third kappa shape index (κ3) is 3.36. The van der Waals surface area contributed by atoms with E-state index in [-0.39, 0.29) is 11.6 Å². The molecule has 0 bridgehead atoms. The first-order valence-electron chi connectivity index (χ1n) is 5.87. The quantitative estimate of drug-likeness (QED) is 0.746. The summed E-state index contributed by atoms with van der Waals surface area (Å²) in [4.78, 5) is 14.1. The van der Waals surface area contributed by atoms with Gasteiger partial charge in [0.2, 0.25) is 0 Å². The smallest absolute Gasteiger partial charge is 0.263 e. The number of nitrogens with two attached hydrogens (primary N) is 1. The zero-order valence-corrected chi connectivity index (χ0v) is 12.4. The maximum absolute atomic E-state index is 11.6. The minimum atomic E-state index is -0.271. The number of amides is 1. The van der Waals surface area contributed by atoms with Gasteiger partial charge >= 0.3 is 0 Å². The highest BCUT2D eigenvalue weighted by atomic mass is 32.1. The van der Waals surface area contributed by atoms with E-state index < -0.39 is 0 Å². The molecule has 0 fully saturated rings. The molecule has 0 radical (unpaired) electrons. The highest BCUT2D eigenvalue weighted by Gasteiger charge is 2.20. The molecule has 19 heavy (non-hydrogen) atoms. The van der Waals surface area contributed by atoms with Gasteiger partial charge in [-0.15, -0.1) is 11.3 Å². The Balaban J connectivity index is 2.96. The first kappa shape index (κ1) is 15.3. The van der Waals surface area contributed by atoms with Gasteiger partial charge in [0, 0.05) is 19.6 Å². The molecule has 1 aromatic heterocycles. The molecule has 104 valence electrons. The first-order chi connectivity index (χ1) is 8.92. The number of carbonyl (C=O) groups excluding carboxylic acids is 1. The van der Waals surface area contributed by atoms with Crippen molar-refractivity contribution < 1.29 is 4.79 Å². The molecule has 0 saturated carbocycles. The second-order valence-electron chi connectivity index (χ2n) is 4.43. The van der Waals surface area contributed by atoms with Gasteiger partial charge in [0.15, 0.2) is 0 Å². The van der Waals surface area contributed by atoms with E-state index in [1.165, 1.54) is 18.4 Å². The lowest BCUT2D eigenvalue weighted by molar-refractivity contribution is 0.0968. The number of thiophene rings is 1. The maximum Gasteiger partial charge on any atom is 0.263 e. The summed E-state index contributed by atoms with van der Waals surface area (Å²) in [6.45, 7) is 2.74. The van der Waals surface area contributed by atoms with Gasteiger partial charge in [0.25, 0.3) is 5.91 Å². The molecule has 0 saturated heterocycles. The van der Waals surface area contributed by atoms with E-state index in [4.69, 9.17) is 11.0 Å². The summed E-state index contributed by atoms with van der Waals surface area (Å²) in [5.41, 5.74) is 6.42. The van der Waals surface area contributed by atoms with Gasteiger partial charge < -0.3 is 21.3 Å². The zero-order chi connectivity index (χ0) is 14.6. The number of nitrogens with zero attached hydrogens (tertiary/aromatic N) is 2. The molecule has 1 heterocycles. The van der Waals surface area contributed by atoms with Gasteiger partial charge in [-0.3, -0.25) is 4.79 Å². The van der Waals surface area contributed by atoms with Crippen LogP contribution >= 0.6 is 11.3 Å². The lowest BCUT2D eigenvalue weighted by Crippen LogP contribution is -2.31. The Bertz CT molecular complexity index is 503. The number of nitrogen functional groups attached to an aromatic ring is 1. The van der Waals surface area contributed by atoms with E-state index in [2.05, 4.69) is 22.5 Å². The fourth-order valence-electron chi connectivity index (χ4n) is 1.38. The molecule has 7 heteroatoms. The Kier molecular flexibility index (Phi) is 5.15. The lowest BCUT2D eigenvalue weighted by atomic mass is 10.2. The minimum Gasteiger partial charge on any atom is -0.396 e. The normalized spacial score (nSPS) is 12.0. The summed E-state index contributed by atoms with van der Waals surface area (Å²) < 4.78 is 0. The largest absolute Gasteiger partial charge is 0.396 e. The Morgan fingerprint density at radius 3 is 2.68 bits per heavy atom. The van der Waals surface area contributed by atoms with E-state index in [0.29, 0.717) is 28.0 Å². The van der Waals surface area contributed by atoms with Crippen LogP contribution in [-0.4, -0.2) is 44.5 Å². The molecule has 1 atom stereocenters. The zero-order valence-electron chi connectivity index (χ0n) is 11.6. The molecule has 0 aromatic carbocycles. The molecule has 0 aliphatic carbocycles. The fraction of sp³-hybridized carbons (Fsp3) is 0.500. The Morgan fingerprint density at radius 1 is 1.58 bits per heavy atom. The molecule has 1 unspecified atom stereocenters. The molecule has 0 aliphatic heterocycles. The third-order valence-corrected chi connectivity index (χ3v) is 4.09. The van der Waals surface area contributed by atoms with Crippen molar-refractivity contribution in [3.05, 3.63) is 10.4 Å². The average molecular weight is 281 g/mol. The first-order valence-corrected chi connectivity index (χ1v) is 6.68. The van der Waals surface area contributed by atoms with Crippen molar-refractivity contribution in [2.24, 2.45) is 0 Å². The van der Waals surface area contributed by atoms with Crippen LogP contribution in [0.25, 0.3) is 0 Å². The number of carbonyl (C=O) groups is 1. The van der Waals surface area contributed by atoms with Gasteiger partial charge in [-0.05, 0) is 21.0 Å². The van der Waals surface area contributed by atoms with Crippen molar-refractivity contribution in [2.45, 2.75) is 13.0 Å². The summed E-state index contributed by atoms with van der Waals surface area (Å²) in [6.07, 6.45) is 0. The van der Waals surface area contributed by atoms with Crippen LogP contribution in [0.4, 0.5) is 10.7 Å². The number of hydrogen-bond donors (Lipinski definition) is 3. The third-order valence-electron chi connectivity index (χ3n) is 2.93. The lowest BCUT2D eigenvalue weighted by Gasteiger charge is -2.20. The van der Waals surface area contributed by atoms with E-state index in [0.717, 1.165) is 0 Å². The number of hydrogen-bond acceptors (Lipinski definition) is 6. The topological polar surface area (TPSA) is 94.2 Å². The van der Waals surface area contributed by atoms with Crippen LogP contribution in [0.3, 0.4) is 0 Å². The molecule has 1 amide bonds. The highest BCUT2D eigenvalue weighted by Crippen LogP contribution is 2.35. The summed E-state index contributed by atoms with van der Waals surface area (Å²) in [5, 5.41) is 15.5. The van der Waals surface area contributed by atoms with Crippen LogP contribution in [0.1, 0.15) is 22.2 Å². The maximum atomic E-state index is 11.6. The Labute approximate surface area is 117 Å².